The average Bonchev–Trinajstić information content (AvgIpc) is 2.44. The van der Waals surface area contributed by atoms with Crippen LogP contribution in [0.1, 0.15) is 16.8 Å². The van der Waals surface area contributed by atoms with Gasteiger partial charge in [-0.1, -0.05) is 17.7 Å². The fourth-order valence-electron chi connectivity index (χ4n) is 2.01. The van der Waals surface area contributed by atoms with Gasteiger partial charge in [0, 0.05) is 36.3 Å². The number of carbonyl (C=O) groups is 1. The van der Waals surface area contributed by atoms with Crippen LogP contribution < -0.4 is 5.32 Å². The van der Waals surface area contributed by atoms with E-state index in [0.717, 1.165) is 39.3 Å². The van der Waals surface area contributed by atoms with Crippen molar-refractivity contribution in [3.05, 3.63) is 34.9 Å². The zero-order chi connectivity index (χ0) is 13.5. The van der Waals surface area contributed by atoms with E-state index in [4.69, 9.17) is 16.3 Å². The van der Waals surface area contributed by atoms with E-state index in [2.05, 4.69) is 16.3 Å². The lowest BCUT2D eigenvalue weighted by Crippen LogP contribution is -2.38. The van der Waals surface area contributed by atoms with Crippen molar-refractivity contribution in [3.63, 3.8) is 0 Å². The van der Waals surface area contributed by atoms with E-state index < -0.39 is 0 Å². The van der Waals surface area contributed by atoms with Gasteiger partial charge in [0.2, 0.25) is 0 Å². The molecule has 2 rings (SSSR count). The number of rotatable bonds is 5. The lowest BCUT2D eigenvalue weighted by atomic mass is 10.2. The number of amides is 1. The minimum atomic E-state index is -0.0853. The van der Waals surface area contributed by atoms with Crippen molar-refractivity contribution in [2.24, 2.45) is 0 Å². The first-order valence-corrected chi connectivity index (χ1v) is 6.89. The fraction of sp³-hybridized carbons (Fsp3) is 0.500. The molecule has 1 aliphatic heterocycles. The van der Waals surface area contributed by atoms with Gasteiger partial charge < -0.3 is 10.1 Å². The number of nitrogens with zero attached hydrogens (tertiary/aromatic N) is 1. The molecule has 4 nitrogen and oxygen atoms in total. The fourth-order valence-corrected chi connectivity index (χ4v) is 2.19. The first-order chi connectivity index (χ1) is 9.25. The van der Waals surface area contributed by atoms with Gasteiger partial charge in [-0.05, 0) is 25.1 Å². The minimum Gasteiger partial charge on any atom is -0.379 e. The van der Waals surface area contributed by atoms with Gasteiger partial charge in [0.25, 0.3) is 5.91 Å². The highest BCUT2D eigenvalue weighted by Crippen LogP contribution is 2.09. The van der Waals surface area contributed by atoms with E-state index in [1.807, 2.05) is 0 Å². The highest BCUT2D eigenvalue weighted by atomic mass is 35.5. The van der Waals surface area contributed by atoms with E-state index in [1.54, 1.807) is 18.2 Å². The molecule has 1 heterocycles. The van der Waals surface area contributed by atoms with Crippen molar-refractivity contribution in [2.75, 3.05) is 39.4 Å². The molecule has 0 aliphatic carbocycles. The van der Waals surface area contributed by atoms with Crippen LogP contribution in [0.5, 0.6) is 0 Å². The maximum absolute atomic E-state index is 11.8. The maximum Gasteiger partial charge on any atom is 0.251 e. The predicted molar refractivity (Wildman–Crippen MR) is 74.5 cm³/mol. The molecule has 0 aromatic heterocycles. The molecular formula is C14H18ClN2O2. The molecule has 19 heavy (non-hydrogen) atoms. The number of halogens is 1. The van der Waals surface area contributed by atoms with Gasteiger partial charge in [-0.2, -0.15) is 0 Å². The Morgan fingerprint density at radius 3 is 3.00 bits per heavy atom. The molecule has 1 aromatic carbocycles. The smallest absolute Gasteiger partial charge is 0.251 e. The number of benzene rings is 1. The molecule has 1 N–H and O–H groups in total. The topological polar surface area (TPSA) is 41.6 Å². The minimum absolute atomic E-state index is 0.0853. The first kappa shape index (κ1) is 14.3. The van der Waals surface area contributed by atoms with E-state index in [9.17, 15) is 4.79 Å². The number of hydrogen-bond acceptors (Lipinski definition) is 3. The van der Waals surface area contributed by atoms with E-state index >= 15 is 0 Å². The van der Waals surface area contributed by atoms with Gasteiger partial charge in [-0.25, -0.2) is 0 Å². The van der Waals surface area contributed by atoms with Crippen molar-refractivity contribution >= 4 is 17.5 Å². The van der Waals surface area contributed by atoms with Crippen molar-refractivity contribution in [1.29, 1.82) is 0 Å². The van der Waals surface area contributed by atoms with Crippen molar-refractivity contribution in [3.8, 4) is 0 Å². The molecule has 0 atom stereocenters. The Hall–Kier alpha value is -1.10. The standard InChI is InChI=1S/C14H18ClN2O2/c15-13-4-1-3-12(11-13)14(18)16-5-2-6-17-7-9-19-10-8-17/h1,3,11H,2,5-10H2,(H,16,18). The average molecular weight is 282 g/mol. The SMILES string of the molecule is O=C(NCCCN1CCOCC1)c1cc[c]c(Cl)c1. The van der Waals surface area contributed by atoms with E-state index in [-0.39, 0.29) is 5.91 Å². The third kappa shape index (κ3) is 4.82. The second-order valence-electron chi connectivity index (χ2n) is 4.49. The molecule has 1 radical (unpaired) electrons. The molecular weight excluding hydrogens is 264 g/mol. The van der Waals surface area contributed by atoms with Gasteiger partial charge in [0.05, 0.1) is 13.2 Å². The van der Waals surface area contributed by atoms with Gasteiger partial charge in [0.1, 0.15) is 0 Å². The van der Waals surface area contributed by atoms with Gasteiger partial charge in [-0.3, -0.25) is 9.69 Å². The molecule has 1 aliphatic rings. The maximum atomic E-state index is 11.8. The van der Waals surface area contributed by atoms with Crippen LogP contribution >= 0.6 is 11.6 Å². The van der Waals surface area contributed by atoms with Gasteiger partial charge in [0.15, 0.2) is 0 Å². The largest absolute Gasteiger partial charge is 0.379 e. The Kier molecular flexibility index (Phi) is 5.63. The van der Waals surface area contributed by atoms with E-state index in [1.165, 1.54) is 0 Å². The molecule has 1 aromatic rings. The summed E-state index contributed by atoms with van der Waals surface area (Å²) in [6.07, 6.45) is 0.943. The Morgan fingerprint density at radius 1 is 1.47 bits per heavy atom. The zero-order valence-corrected chi connectivity index (χ0v) is 11.6. The van der Waals surface area contributed by atoms with Crippen LogP contribution in [0.4, 0.5) is 0 Å². The quantitative estimate of drug-likeness (QED) is 0.834. The van der Waals surface area contributed by atoms with Crippen LogP contribution in [0.25, 0.3) is 0 Å². The molecule has 1 saturated heterocycles. The van der Waals surface area contributed by atoms with Crippen molar-refractivity contribution in [2.45, 2.75) is 6.42 Å². The first-order valence-electron chi connectivity index (χ1n) is 6.51. The van der Waals surface area contributed by atoms with E-state index in [0.29, 0.717) is 17.1 Å². The molecule has 1 amide bonds. The summed E-state index contributed by atoms with van der Waals surface area (Å²) in [6, 6.07) is 7.80. The number of carbonyl (C=O) groups excluding carboxylic acids is 1. The lowest BCUT2D eigenvalue weighted by Gasteiger charge is -2.26. The Balaban J connectivity index is 1.66. The normalized spacial score (nSPS) is 16.3. The Morgan fingerprint density at radius 2 is 2.26 bits per heavy atom. The Labute approximate surface area is 118 Å². The van der Waals surface area contributed by atoms with Gasteiger partial charge in [-0.15, -0.1) is 0 Å². The molecule has 103 valence electrons. The molecule has 0 unspecified atom stereocenters. The second-order valence-corrected chi connectivity index (χ2v) is 4.90. The summed E-state index contributed by atoms with van der Waals surface area (Å²) >= 11 is 5.80. The van der Waals surface area contributed by atoms with Crippen LogP contribution in [-0.2, 0) is 4.74 Å². The lowest BCUT2D eigenvalue weighted by molar-refractivity contribution is 0.0374. The van der Waals surface area contributed by atoms with Crippen molar-refractivity contribution < 1.29 is 9.53 Å². The highest BCUT2D eigenvalue weighted by molar-refractivity contribution is 6.30. The van der Waals surface area contributed by atoms with Crippen molar-refractivity contribution in [1.82, 2.24) is 10.2 Å². The molecule has 0 saturated carbocycles. The number of nitrogens with one attached hydrogen (secondary N) is 1. The Bertz CT molecular complexity index is 420. The van der Waals surface area contributed by atoms with Crippen LogP contribution in [0.2, 0.25) is 5.02 Å². The second kappa shape index (κ2) is 7.48. The monoisotopic (exact) mass is 281 g/mol. The summed E-state index contributed by atoms with van der Waals surface area (Å²) in [4.78, 5) is 14.2. The third-order valence-electron chi connectivity index (χ3n) is 3.07. The zero-order valence-electron chi connectivity index (χ0n) is 10.8. The summed E-state index contributed by atoms with van der Waals surface area (Å²) in [6.45, 7) is 5.26. The molecule has 5 heteroatoms. The van der Waals surface area contributed by atoms with Crippen LogP contribution in [0.15, 0.2) is 18.2 Å². The van der Waals surface area contributed by atoms with Crippen LogP contribution in [0, 0.1) is 6.07 Å². The summed E-state index contributed by atoms with van der Waals surface area (Å²) in [5.41, 5.74) is 0.579. The summed E-state index contributed by atoms with van der Waals surface area (Å²) in [5.74, 6) is -0.0853. The molecule has 0 spiro atoms. The predicted octanol–water partition coefficient (Wildman–Crippen LogP) is 1.59. The summed E-state index contributed by atoms with van der Waals surface area (Å²) in [5, 5.41) is 3.36. The summed E-state index contributed by atoms with van der Waals surface area (Å²) < 4.78 is 5.29. The number of morpholine rings is 1. The van der Waals surface area contributed by atoms with Crippen LogP contribution in [-0.4, -0.2) is 50.2 Å². The number of ether oxygens (including phenoxy) is 1. The summed E-state index contributed by atoms with van der Waals surface area (Å²) in [7, 11) is 0. The molecule has 0 bridgehead atoms. The molecule has 1 fully saturated rings. The van der Waals surface area contributed by atoms with Crippen LogP contribution in [0.3, 0.4) is 0 Å². The highest BCUT2D eigenvalue weighted by Gasteiger charge is 2.10. The van der Waals surface area contributed by atoms with Gasteiger partial charge >= 0.3 is 0 Å². The third-order valence-corrected chi connectivity index (χ3v) is 3.29. The number of hydrogen-bond donors (Lipinski definition) is 1.